The summed E-state index contributed by atoms with van der Waals surface area (Å²) in [6.07, 6.45) is 2.13. The molecule has 0 radical (unpaired) electrons. The molecule has 0 aliphatic carbocycles. The van der Waals surface area contributed by atoms with Crippen LogP contribution in [0.3, 0.4) is 0 Å². The average molecular weight is 270 g/mol. The van der Waals surface area contributed by atoms with E-state index in [9.17, 15) is 4.79 Å². The van der Waals surface area contributed by atoms with Gasteiger partial charge >= 0.3 is 0 Å². The van der Waals surface area contributed by atoms with Crippen molar-refractivity contribution in [2.75, 3.05) is 13.1 Å². The Balaban J connectivity index is 2.36. The number of likely N-dealkylation sites (tertiary alicyclic amines) is 1. The Hall–Kier alpha value is -1.79. The van der Waals surface area contributed by atoms with Crippen LogP contribution >= 0.6 is 0 Å². The number of rotatable bonds is 1. The topological polar surface area (TPSA) is 46.3 Å². The average Bonchev–Trinajstić information content (AvgIpc) is 2.76. The third kappa shape index (κ3) is 2.71. The molecule has 0 unspecified atom stereocenters. The molecule has 0 bridgehead atoms. The molecule has 1 aliphatic rings. The monoisotopic (exact) mass is 270 g/mol. The number of hydrogen-bond acceptors (Lipinski definition) is 2. The number of hydrogen-bond donors (Lipinski definition) is 1. The third-order valence-electron chi connectivity index (χ3n) is 4.04. The lowest BCUT2D eigenvalue weighted by Gasteiger charge is -2.32. The molecule has 0 saturated carbocycles. The number of carbonyl (C=O) groups is 1. The van der Waals surface area contributed by atoms with Crippen molar-refractivity contribution in [1.29, 1.82) is 0 Å². The Morgan fingerprint density at radius 3 is 2.80 bits per heavy atom. The first kappa shape index (κ1) is 14.6. The highest BCUT2D eigenvalue weighted by Gasteiger charge is 2.36. The van der Waals surface area contributed by atoms with Gasteiger partial charge in [0.1, 0.15) is 0 Å². The van der Waals surface area contributed by atoms with Gasteiger partial charge in [-0.15, -0.1) is 0 Å². The Morgan fingerprint density at radius 1 is 1.45 bits per heavy atom. The van der Waals surface area contributed by atoms with Gasteiger partial charge in [-0.05, 0) is 51.3 Å². The quantitative estimate of drug-likeness (QED) is 0.796. The Morgan fingerprint density at radius 2 is 2.20 bits per heavy atom. The SMILES string of the molecule is Cc1c(C#CCN)cccc1C(=O)N1CCCC1(C)C. The third-order valence-corrected chi connectivity index (χ3v) is 4.04. The van der Waals surface area contributed by atoms with E-state index < -0.39 is 0 Å². The second-order valence-corrected chi connectivity index (χ2v) is 5.86. The van der Waals surface area contributed by atoms with Crippen LogP contribution in [0.4, 0.5) is 0 Å². The second-order valence-electron chi connectivity index (χ2n) is 5.86. The zero-order valence-electron chi connectivity index (χ0n) is 12.5. The lowest BCUT2D eigenvalue weighted by Crippen LogP contribution is -2.42. The standard InChI is InChI=1S/C17H22N2O/c1-13-14(8-5-11-18)7-4-9-15(13)16(20)19-12-6-10-17(19,2)3/h4,7,9H,6,10-12,18H2,1-3H3. The molecule has 0 spiro atoms. The highest BCUT2D eigenvalue weighted by molar-refractivity contribution is 5.96. The minimum atomic E-state index is -0.0531. The highest BCUT2D eigenvalue weighted by atomic mass is 16.2. The van der Waals surface area contributed by atoms with Crippen LogP contribution in [-0.2, 0) is 0 Å². The number of nitrogens with two attached hydrogens (primary N) is 1. The smallest absolute Gasteiger partial charge is 0.254 e. The van der Waals surface area contributed by atoms with Gasteiger partial charge in [0.05, 0.1) is 6.54 Å². The summed E-state index contributed by atoms with van der Waals surface area (Å²) in [5, 5.41) is 0. The van der Waals surface area contributed by atoms with Gasteiger partial charge in [-0.1, -0.05) is 17.9 Å². The van der Waals surface area contributed by atoms with E-state index in [4.69, 9.17) is 5.73 Å². The van der Waals surface area contributed by atoms with Gasteiger partial charge < -0.3 is 10.6 Å². The van der Waals surface area contributed by atoms with E-state index in [2.05, 4.69) is 25.7 Å². The zero-order chi connectivity index (χ0) is 14.8. The van der Waals surface area contributed by atoms with Crippen LogP contribution in [0.1, 0.15) is 48.2 Å². The molecule has 3 heteroatoms. The van der Waals surface area contributed by atoms with Gasteiger partial charge in [0.25, 0.3) is 5.91 Å². The molecule has 3 nitrogen and oxygen atoms in total. The maximum absolute atomic E-state index is 12.8. The molecule has 20 heavy (non-hydrogen) atoms. The van der Waals surface area contributed by atoms with Crippen molar-refractivity contribution >= 4 is 5.91 Å². The summed E-state index contributed by atoms with van der Waals surface area (Å²) in [5.41, 5.74) is 7.94. The molecule has 0 atom stereocenters. The van der Waals surface area contributed by atoms with Crippen LogP contribution in [0.25, 0.3) is 0 Å². The van der Waals surface area contributed by atoms with Crippen molar-refractivity contribution in [2.24, 2.45) is 5.73 Å². The molecule has 1 amide bonds. The predicted octanol–water partition coefficient (Wildman–Crippen LogP) is 2.32. The van der Waals surface area contributed by atoms with Gasteiger partial charge in [-0.3, -0.25) is 4.79 Å². The lowest BCUT2D eigenvalue weighted by atomic mass is 9.98. The van der Waals surface area contributed by atoms with Crippen molar-refractivity contribution in [3.63, 3.8) is 0 Å². The molecule has 1 saturated heterocycles. The molecule has 1 aromatic carbocycles. The Labute approximate surface area is 121 Å². The van der Waals surface area contributed by atoms with Gasteiger partial charge in [-0.2, -0.15) is 0 Å². The van der Waals surface area contributed by atoms with Crippen molar-refractivity contribution in [1.82, 2.24) is 4.90 Å². The van der Waals surface area contributed by atoms with E-state index in [1.165, 1.54) is 0 Å². The molecule has 1 aliphatic heterocycles. The van der Waals surface area contributed by atoms with Gasteiger partial charge in [0, 0.05) is 23.2 Å². The summed E-state index contributed by atoms with van der Waals surface area (Å²) in [5.74, 6) is 6.00. The van der Waals surface area contributed by atoms with Crippen LogP contribution in [0.5, 0.6) is 0 Å². The summed E-state index contributed by atoms with van der Waals surface area (Å²) in [7, 11) is 0. The fourth-order valence-corrected chi connectivity index (χ4v) is 2.78. The molecule has 1 heterocycles. The lowest BCUT2D eigenvalue weighted by molar-refractivity contribution is 0.0651. The normalized spacial score (nSPS) is 16.7. The second kappa shape index (κ2) is 5.68. The van der Waals surface area contributed by atoms with Crippen LogP contribution in [0.15, 0.2) is 18.2 Å². The Kier molecular flexibility index (Phi) is 4.15. The van der Waals surface area contributed by atoms with Gasteiger partial charge in [0.15, 0.2) is 0 Å². The first-order chi connectivity index (χ1) is 9.47. The van der Waals surface area contributed by atoms with E-state index in [1.807, 2.05) is 30.0 Å². The molecule has 1 fully saturated rings. The maximum Gasteiger partial charge on any atom is 0.254 e. The molecule has 2 rings (SSSR count). The van der Waals surface area contributed by atoms with E-state index in [0.29, 0.717) is 6.54 Å². The van der Waals surface area contributed by atoms with E-state index in [1.54, 1.807) is 0 Å². The molecule has 106 valence electrons. The molecular formula is C17H22N2O. The van der Waals surface area contributed by atoms with Crippen molar-refractivity contribution < 1.29 is 4.79 Å². The van der Waals surface area contributed by atoms with Crippen LogP contribution in [0.2, 0.25) is 0 Å². The van der Waals surface area contributed by atoms with Crippen molar-refractivity contribution in [3.05, 3.63) is 34.9 Å². The summed E-state index contributed by atoms with van der Waals surface area (Å²) >= 11 is 0. The predicted molar refractivity (Wildman–Crippen MR) is 81.5 cm³/mol. The number of carbonyl (C=O) groups excluding carboxylic acids is 1. The van der Waals surface area contributed by atoms with Crippen LogP contribution in [0, 0.1) is 18.8 Å². The van der Waals surface area contributed by atoms with Crippen LogP contribution in [-0.4, -0.2) is 29.4 Å². The number of nitrogens with zero attached hydrogens (tertiary/aromatic N) is 1. The van der Waals surface area contributed by atoms with Gasteiger partial charge in [-0.25, -0.2) is 0 Å². The van der Waals surface area contributed by atoms with E-state index in [0.717, 1.165) is 36.1 Å². The molecule has 2 N–H and O–H groups in total. The summed E-state index contributed by atoms with van der Waals surface area (Å²) < 4.78 is 0. The minimum absolute atomic E-state index is 0.0531. The summed E-state index contributed by atoms with van der Waals surface area (Å²) in [4.78, 5) is 14.7. The molecule has 1 aromatic rings. The van der Waals surface area contributed by atoms with Gasteiger partial charge in [0.2, 0.25) is 0 Å². The molecular weight excluding hydrogens is 248 g/mol. The largest absolute Gasteiger partial charge is 0.334 e. The summed E-state index contributed by atoms with van der Waals surface area (Å²) in [6.45, 7) is 7.38. The number of amides is 1. The van der Waals surface area contributed by atoms with E-state index in [-0.39, 0.29) is 11.4 Å². The van der Waals surface area contributed by atoms with Crippen molar-refractivity contribution in [2.45, 2.75) is 39.2 Å². The van der Waals surface area contributed by atoms with E-state index >= 15 is 0 Å². The Bertz CT molecular complexity index is 578. The fraction of sp³-hybridized carbons (Fsp3) is 0.471. The first-order valence-electron chi connectivity index (χ1n) is 7.08. The zero-order valence-corrected chi connectivity index (χ0v) is 12.5. The molecule has 0 aromatic heterocycles. The fourth-order valence-electron chi connectivity index (χ4n) is 2.78. The first-order valence-corrected chi connectivity index (χ1v) is 7.08. The highest BCUT2D eigenvalue weighted by Crippen LogP contribution is 2.30. The minimum Gasteiger partial charge on any atom is -0.334 e. The van der Waals surface area contributed by atoms with Crippen LogP contribution < -0.4 is 5.73 Å². The van der Waals surface area contributed by atoms with Crippen molar-refractivity contribution in [3.8, 4) is 11.8 Å². The summed E-state index contributed by atoms with van der Waals surface area (Å²) in [6, 6.07) is 5.72. The maximum atomic E-state index is 12.8. The number of benzene rings is 1.